The summed E-state index contributed by atoms with van der Waals surface area (Å²) in [5.74, 6) is 0.981. The number of rotatable bonds is 3. The largest absolute Gasteiger partial charge is 0.458 e. The van der Waals surface area contributed by atoms with Crippen molar-refractivity contribution in [3.8, 4) is 0 Å². The Morgan fingerprint density at radius 3 is 2.25 bits per heavy atom. The Hall–Kier alpha value is -0.900. The number of ketones is 1. The highest BCUT2D eigenvalue weighted by molar-refractivity contribution is 5.90. The van der Waals surface area contributed by atoms with Gasteiger partial charge in [0.25, 0.3) is 0 Å². The number of esters is 1. The van der Waals surface area contributed by atoms with Gasteiger partial charge in [0.1, 0.15) is 5.60 Å². The highest BCUT2D eigenvalue weighted by atomic mass is 16.5. The molecule has 4 heteroatoms. The van der Waals surface area contributed by atoms with Crippen molar-refractivity contribution in [3.05, 3.63) is 0 Å². The van der Waals surface area contributed by atoms with Crippen LogP contribution in [-0.2, 0) is 14.3 Å². The lowest BCUT2D eigenvalue weighted by Gasteiger charge is -2.65. The molecule has 0 aromatic heterocycles. The third-order valence-corrected chi connectivity index (χ3v) is 10.4. The van der Waals surface area contributed by atoms with Crippen LogP contribution in [-0.4, -0.2) is 29.1 Å². The van der Waals surface area contributed by atoms with Crippen molar-refractivity contribution in [2.45, 2.75) is 97.5 Å². The van der Waals surface area contributed by atoms with Gasteiger partial charge in [-0.2, -0.15) is 0 Å². The van der Waals surface area contributed by atoms with Crippen molar-refractivity contribution in [1.29, 1.82) is 0 Å². The van der Waals surface area contributed by atoms with Gasteiger partial charge in [-0.3, -0.25) is 9.59 Å². The van der Waals surface area contributed by atoms with Crippen molar-refractivity contribution < 1.29 is 19.4 Å². The summed E-state index contributed by atoms with van der Waals surface area (Å²) in [4.78, 5) is 24.1. The quantitative estimate of drug-likeness (QED) is 0.711. The molecule has 0 aromatic rings. The molecule has 7 atom stereocenters. The maximum absolute atomic E-state index is 12.9. The minimum Gasteiger partial charge on any atom is -0.458 e. The van der Waals surface area contributed by atoms with Crippen molar-refractivity contribution in [2.24, 2.45) is 34.0 Å². The second-order valence-electron chi connectivity index (χ2n) is 11.2. The molecule has 4 fully saturated rings. The van der Waals surface area contributed by atoms with Gasteiger partial charge in [-0.25, -0.2) is 0 Å². The Bertz CT molecular complexity index is 674. The predicted molar refractivity (Wildman–Crippen MR) is 108 cm³/mol. The second kappa shape index (κ2) is 6.55. The summed E-state index contributed by atoms with van der Waals surface area (Å²) in [7, 11) is 0. The van der Waals surface area contributed by atoms with Crippen LogP contribution in [0.15, 0.2) is 0 Å². The Morgan fingerprint density at radius 1 is 0.893 bits per heavy atom. The molecular formula is C24H38O4. The van der Waals surface area contributed by atoms with E-state index in [0.717, 1.165) is 25.2 Å². The molecule has 0 amide bonds. The summed E-state index contributed by atoms with van der Waals surface area (Å²) in [5.41, 5.74) is -0.866. The molecule has 0 saturated heterocycles. The fourth-order valence-electron chi connectivity index (χ4n) is 8.37. The number of fused-ring (bicyclic) bond motifs is 5. The summed E-state index contributed by atoms with van der Waals surface area (Å²) >= 11 is 0. The minimum absolute atomic E-state index is 0.294. The van der Waals surface area contributed by atoms with Crippen LogP contribution in [0.1, 0.15) is 91.9 Å². The van der Waals surface area contributed by atoms with Gasteiger partial charge in [-0.1, -0.05) is 33.6 Å². The summed E-state index contributed by atoms with van der Waals surface area (Å²) in [6.07, 6.45) is 11.4. The van der Waals surface area contributed by atoms with E-state index >= 15 is 0 Å². The Labute approximate surface area is 169 Å². The lowest BCUT2D eigenvalue weighted by atomic mass is 9.40. The standard InChI is InChI=1S/C24H38O4/c1-16(25)28-15-20(26)24(27)14-9-19-17-7-12-21(2)10-5-6-11-22(21,3)18(17)8-13-23(19,24)4/h17-19,27H,5-15H2,1-4H3/t17-,18+,19-,21+,22+,23+,24-/m0/s1. The highest BCUT2D eigenvalue weighted by Gasteiger charge is 2.67. The monoisotopic (exact) mass is 390 g/mol. The summed E-state index contributed by atoms with van der Waals surface area (Å²) < 4.78 is 4.96. The zero-order chi connectivity index (χ0) is 20.4. The first-order valence-electron chi connectivity index (χ1n) is 11.5. The van der Waals surface area contributed by atoms with E-state index in [4.69, 9.17) is 4.74 Å². The number of carbonyl (C=O) groups is 2. The zero-order valence-electron chi connectivity index (χ0n) is 18.2. The van der Waals surface area contributed by atoms with E-state index in [2.05, 4.69) is 20.8 Å². The van der Waals surface area contributed by atoms with E-state index in [1.807, 2.05) is 0 Å². The molecule has 0 unspecified atom stereocenters. The Balaban J connectivity index is 1.60. The first-order chi connectivity index (χ1) is 13.1. The van der Waals surface area contributed by atoms with Crippen LogP contribution in [0.5, 0.6) is 0 Å². The molecule has 0 aliphatic heterocycles. The van der Waals surface area contributed by atoms with Gasteiger partial charge in [0.15, 0.2) is 6.61 Å². The Kier molecular flexibility index (Phi) is 4.77. The van der Waals surface area contributed by atoms with Crippen molar-refractivity contribution in [3.63, 3.8) is 0 Å². The SMILES string of the molecule is CC(=O)OCC(=O)[C@@]1(O)CC[C@H]2[C@H]3CC[C@@]4(C)CCCC[C@]4(C)[C@@H]3CC[C@]21C. The number of carbonyl (C=O) groups excluding carboxylic acids is 2. The molecule has 4 nitrogen and oxygen atoms in total. The number of Topliss-reactive ketones (excluding diaryl/α,β-unsaturated/α-hetero) is 1. The third kappa shape index (κ3) is 2.58. The molecule has 4 saturated carbocycles. The highest BCUT2D eigenvalue weighted by Crippen LogP contribution is 2.71. The molecule has 1 N–H and O–H groups in total. The first kappa shape index (κ1) is 20.4. The molecule has 0 aromatic carbocycles. The van der Waals surface area contributed by atoms with E-state index in [9.17, 15) is 14.7 Å². The van der Waals surface area contributed by atoms with Gasteiger partial charge in [-0.05, 0) is 80.0 Å². The predicted octanol–water partition coefficient (Wildman–Crippen LogP) is 4.67. The number of hydrogen-bond acceptors (Lipinski definition) is 4. The van der Waals surface area contributed by atoms with Crippen molar-refractivity contribution >= 4 is 11.8 Å². The van der Waals surface area contributed by atoms with Crippen LogP contribution in [0.3, 0.4) is 0 Å². The molecule has 28 heavy (non-hydrogen) atoms. The maximum atomic E-state index is 12.9. The van der Waals surface area contributed by atoms with Crippen LogP contribution in [0.25, 0.3) is 0 Å². The van der Waals surface area contributed by atoms with Gasteiger partial charge in [0.05, 0.1) is 0 Å². The van der Waals surface area contributed by atoms with E-state index in [-0.39, 0.29) is 17.8 Å². The molecule has 0 bridgehead atoms. The van der Waals surface area contributed by atoms with Crippen molar-refractivity contribution in [2.75, 3.05) is 6.61 Å². The molecule has 4 aliphatic carbocycles. The number of aliphatic hydroxyl groups is 1. The molecule has 158 valence electrons. The topological polar surface area (TPSA) is 63.6 Å². The maximum Gasteiger partial charge on any atom is 0.303 e. The van der Waals surface area contributed by atoms with Crippen LogP contribution in [0, 0.1) is 34.0 Å². The molecule has 0 spiro atoms. The summed E-state index contributed by atoms with van der Waals surface area (Å²) in [6, 6.07) is 0. The van der Waals surface area contributed by atoms with Crippen LogP contribution < -0.4 is 0 Å². The van der Waals surface area contributed by atoms with Crippen LogP contribution in [0.2, 0.25) is 0 Å². The second-order valence-corrected chi connectivity index (χ2v) is 11.2. The fraction of sp³-hybridized carbons (Fsp3) is 0.917. The van der Waals surface area contributed by atoms with Crippen LogP contribution in [0.4, 0.5) is 0 Å². The van der Waals surface area contributed by atoms with Gasteiger partial charge < -0.3 is 9.84 Å². The average Bonchev–Trinajstić information content (AvgIpc) is 2.92. The van der Waals surface area contributed by atoms with E-state index in [1.165, 1.54) is 45.4 Å². The zero-order valence-corrected chi connectivity index (χ0v) is 18.2. The molecule has 0 heterocycles. The first-order valence-corrected chi connectivity index (χ1v) is 11.5. The van der Waals surface area contributed by atoms with E-state index < -0.39 is 11.6 Å². The molecule has 4 aliphatic rings. The van der Waals surface area contributed by atoms with E-state index in [1.54, 1.807) is 0 Å². The normalized spacial score (nSPS) is 50.2. The smallest absolute Gasteiger partial charge is 0.303 e. The number of ether oxygens (including phenoxy) is 1. The minimum atomic E-state index is -1.34. The summed E-state index contributed by atoms with van der Waals surface area (Å²) in [5, 5.41) is 11.5. The van der Waals surface area contributed by atoms with Crippen LogP contribution >= 0.6 is 0 Å². The molecule has 4 rings (SSSR count). The average molecular weight is 391 g/mol. The third-order valence-electron chi connectivity index (χ3n) is 10.4. The number of hydrogen-bond donors (Lipinski definition) is 1. The molecule has 0 radical (unpaired) electrons. The Morgan fingerprint density at radius 2 is 1.54 bits per heavy atom. The van der Waals surface area contributed by atoms with Gasteiger partial charge in [0.2, 0.25) is 5.78 Å². The molecular weight excluding hydrogens is 352 g/mol. The van der Waals surface area contributed by atoms with Gasteiger partial charge in [0, 0.05) is 12.3 Å². The van der Waals surface area contributed by atoms with Gasteiger partial charge >= 0.3 is 5.97 Å². The lowest BCUT2D eigenvalue weighted by molar-refractivity contribution is -0.184. The van der Waals surface area contributed by atoms with E-state index in [0.29, 0.717) is 29.1 Å². The van der Waals surface area contributed by atoms with Gasteiger partial charge in [-0.15, -0.1) is 0 Å². The lowest BCUT2D eigenvalue weighted by Crippen LogP contribution is -2.60. The summed E-state index contributed by atoms with van der Waals surface area (Å²) in [6.45, 7) is 8.25. The fourth-order valence-corrected chi connectivity index (χ4v) is 8.37. The van der Waals surface area contributed by atoms with Crippen molar-refractivity contribution in [1.82, 2.24) is 0 Å².